The van der Waals surface area contributed by atoms with Crippen molar-refractivity contribution in [1.82, 2.24) is 0 Å². The van der Waals surface area contributed by atoms with Crippen LogP contribution < -0.4 is 0 Å². The van der Waals surface area contributed by atoms with Crippen LogP contribution in [0.5, 0.6) is 0 Å². The van der Waals surface area contributed by atoms with Gasteiger partial charge in [0.25, 0.3) is 0 Å². The molecule has 1 aliphatic heterocycles. The van der Waals surface area contributed by atoms with Crippen LogP contribution in [0, 0.1) is 0 Å². The van der Waals surface area contributed by atoms with Crippen molar-refractivity contribution < 1.29 is 4.79 Å². The van der Waals surface area contributed by atoms with Gasteiger partial charge in [-0.15, -0.1) is 0 Å². The Bertz CT molecular complexity index is 209. The Morgan fingerprint density at radius 2 is 2.42 bits per heavy atom. The van der Waals surface area contributed by atoms with E-state index in [1.54, 1.807) is 6.21 Å². The van der Waals surface area contributed by atoms with Crippen molar-refractivity contribution >= 4 is 18.2 Å². The lowest BCUT2D eigenvalue weighted by Crippen LogP contribution is -1.99. The summed E-state index contributed by atoms with van der Waals surface area (Å²) < 4.78 is 0. The molecule has 1 unspecified atom stereocenters. The van der Waals surface area contributed by atoms with Crippen molar-refractivity contribution in [2.45, 2.75) is 38.8 Å². The van der Waals surface area contributed by atoms with E-state index >= 15 is 0 Å². The van der Waals surface area contributed by atoms with E-state index < -0.39 is 6.17 Å². The first kappa shape index (κ1) is 9.10. The van der Waals surface area contributed by atoms with E-state index in [9.17, 15) is 4.79 Å². The molecule has 1 heterocycles. The Hall–Kier alpha value is -0.990. The number of carbonyl (C=O) groups excluding carboxylic acids is 1. The highest BCUT2D eigenvalue weighted by Gasteiger charge is 2.09. The van der Waals surface area contributed by atoms with Gasteiger partial charge in [0.15, 0.2) is 12.5 Å². The van der Waals surface area contributed by atoms with Gasteiger partial charge in [0.05, 0.1) is 5.71 Å². The van der Waals surface area contributed by atoms with Gasteiger partial charge in [-0.2, -0.15) is 0 Å². The molecule has 0 saturated carbocycles. The molecule has 0 amide bonds. The van der Waals surface area contributed by atoms with Crippen molar-refractivity contribution in [3.63, 3.8) is 0 Å². The first-order chi connectivity index (χ1) is 5.86. The highest BCUT2D eigenvalue weighted by Crippen LogP contribution is 2.05. The summed E-state index contributed by atoms with van der Waals surface area (Å²) in [6.07, 6.45) is 6.58. The van der Waals surface area contributed by atoms with Crippen molar-refractivity contribution in [3.8, 4) is 0 Å². The number of nitrogens with zero attached hydrogens (tertiary/aromatic N) is 2. The topological polar surface area (TPSA) is 41.8 Å². The van der Waals surface area contributed by atoms with Crippen molar-refractivity contribution in [2.75, 3.05) is 0 Å². The Labute approximate surface area is 72.6 Å². The smallest absolute Gasteiger partial charge is 0.195 e. The maximum Gasteiger partial charge on any atom is 0.195 e. The first-order valence-electron chi connectivity index (χ1n) is 4.42. The predicted molar refractivity (Wildman–Crippen MR) is 49.9 cm³/mol. The lowest BCUT2D eigenvalue weighted by Gasteiger charge is -1.95. The molecule has 66 valence electrons. The van der Waals surface area contributed by atoms with Crippen LogP contribution in [-0.4, -0.2) is 24.4 Å². The van der Waals surface area contributed by atoms with Crippen molar-refractivity contribution in [2.24, 2.45) is 9.98 Å². The molecule has 0 aliphatic carbocycles. The second kappa shape index (κ2) is 4.80. The monoisotopic (exact) mass is 166 g/mol. The average molecular weight is 166 g/mol. The Balaban J connectivity index is 2.26. The second-order valence-corrected chi connectivity index (χ2v) is 2.91. The molecule has 1 rings (SSSR count). The first-order valence-corrected chi connectivity index (χ1v) is 4.42. The molecule has 1 aliphatic rings. The standard InChI is InChI=1S/C9H14N2O/c1-2-3-4-5-8-6-10-9(7-12)11-8/h6-7,9H,2-5H2,1H3. The number of unbranched alkanes of at least 4 members (excludes halogenated alkanes) is 2. The maximum absolute atomic E-state index is 10.3. The fourth-order valence-electron chi connectivity index (χ4n) is 1.15. The molecule has 0 aromatic carbocycles. The summed E-state index contributed by atoms with van der Waals surface area (Å²) in [7, 11) is 0. The zero-order chi connectivity index (χ0) is 8.81. The normalized spacial score (nSPS) is 21.1. The summed E-state index contributed by atoms with van der Waals surface area (Å²) in [6.45, 7) is 2.17. The van der Waals surface area contributed by atoms with Gasteiger partial charge in [-0.25, -0.2) is 0 Å². The summed E-state index contributed by atoms with van der Waals surface area (Å²) in [5, 5.41) is 0. The number of hydrogen-bond acceptors (Lipinski definition) is 3. The Morgan fingerprint density at radius 1 is 1.58 bits per heavy atom. The lowest BCUT2D eigenvalue weighted by atomic mass is 10.1. The van der Waals surface area contributed by atoms with Crippen LogP contribution in [0.1, 0.15) is 32.6 Å². The fraction of sp³-hybridized carbons (Fsp3) is 0.667. The highest BCUT2D eigenvalue weighted by molar-refractivity contribution is 6.32. The molecule has 0 aromatic rings. The minimum absolute atomic E-state index is 0.443. The van der Waals surface area contributed by atoms with E-state index in [0.717, 1.165) is 24.8 Å². The van der Waals surface area contributed by atoms with E-state index in [1.165, 1.54) is 12.8 Å². The molecule has 0 spiro atoms. The summed E-state index contributed by atoms with van der Waals surface area (Å²) in [6, 6.07) is 0. The number of aliphatic imine (C=N–C) groups is 2. The SMILES string of the molecule is CCCCCC1=NC(C=O)N=C1. The number of carbonyl (C=O) groups is 1. The second-order valence-electron chi connectivity index (χ2n) is 2.91. The minimum atomic E-state index is -0.443. The third-order valence-corrected chi connectivity index (χ3v) is 1.83. The van der Waals surface area contributed by atoms with Crippen LogP contribution in [0.25, 0.3) is 0 Å². The van der Waals surface area contributed by atoms with Gasteiger partial charge in [-0.1, -0.05) is 19.8 Å². The molecular weight excluding hydrogens is 152 g/mol. The van der Waals surface area contributed by atoms with Crippen molar-refractivity contribution in [3.05, 3.63) is 0 Å². The number of hydrogen-bond donors (Lipinski definition) is 0. The van der Waals surface area contributed by atoms with Gasteiger partial charge >= 0.3 is 0 Å². The zero-order valence-corrected chi connectivity index (χ0v) is 7.36. The summed E-state index contributed by atoms with van der Waals surface area (Å²) in [5.41, 5.74) is 0.973. The molecule has 3 nitrogen and oxygen atoms in total. The minimum Gasteiger partial charge on any atom is -0.299 e. The third kappa shape index (κ3) is 2.57. The zero-order valence-electron chi connectivity index (χ0n) is 7.36. The number of aldehydes is 1. The van der Waals surface area contributed by atoms with Gasteiger partial charge in [0, 0.05) is 6.21 Å². The predicted octanol–water partition coefficient (Wildman–Crippen LogP) is 1.62. The third-order valence-electron chi connectivity index (χ3n) is 1.83. The van der Waals surface area contributed by atoms with Gasteiger partial charge < -0.3 is 0 Å². The van der Waals surface area contributed by atoms with Gasteiger partial charge in [0.1, 0.15) is 0 Å². The van der Waals surface area contributed by atoms with Crippen LogP contribution in [-0.2, 0) is 4.79 Å². The van der Waals surface area contributed by atoms with Gasteiger partial charge in [-0.05, 0) is 12.8 Å². The summed E-state index contributed by atoms with van der Waals surface area (Å²) >= 11 is 0. The molecule has 0 fully saturated rings. The molecule has 0 radical (unpaired) electrons. The quantitative estimate of drug-likeness (QED) is 0.452. The summed E-state index contributed by atoms with van der Waals surface area (Å²) in [4.78, 5) is 18.3. The molecule has 0 saturated heterocycles. The number of rotatable bonds is 5. The Kier molecular flexibility index (Phi) is 3.64. The molecule has 1 atom stereocenters. The molecule has 0 bridgehead atoms. The van der Waals surface area contributed by atoms with E-state index in [0.29, 0.717) is 0 Å². The molecule has 12 heavy (non-hydrogen) atoms. The van der Waals surface area contributed by atoms with E-state index in [4.69, 9.17) is 0 Å². The van der Waals surface area contributed by atoms with Crippen LogP contribution in [0.2, 0.25) is 0 Å². The van der Waals surface area contributed by atoms with E-state index in [1.807, 2.05) is 0 Å². The fourth-order valence-corrected chi connectivity index (χ4v) is 1.15. The largest absolute Gasteiger partial charge is 0.299 e. The van der Waals surface area contributed by atoms with E-state index in [2.05, 4.69) is 16.9 Å². The maximum atomic E-state index is 10.3. The van der Waals surface area contributed by atoms with Crippen LogP contribution >= 0.6 is 0 Å². The highest BCUT2D eigenvalue weighted by atomic mass is 16.1. The molecule has 0 aromatic heterocycles. The van der Waals surface area contributed by atoms with Crippen LogP contribution in [0.3, 0.4) is 0 Å². The van der Waals surface area contributed by atoms with Crippen molar-refractivity contribution in [1.29, 1.82) is 0 Å². The average Bonchev–Trinajstić information content (AvgIpc) is 2.53. The van der Waals surface area contributed by atoms with Crippen LogP contribution in [0.4, 0.5) is 0 Å². The van der Waals surface area contributed by atoms with Gasteiger partial charge in [0.2, 0.25) is 0 Å². The molecular formula is C9H14N2O. The van der Waals surface area contributed by atoms with Gasteiger partial charge in [-0.3, -0.25) is 14.8 Å². The summed E-state index contributed by atoms with van der Waals surface area (Å²) in [5.74, 6) is 0. The van der Waals surface area contributed by atoms with E-state index in [-0.39, 0.29) is 0 Å². The Morgan fingerprint density at radius 3 is 3.00 bits per heavy atom. The lowest BCUT2D eigenvalue weighted by molar-refractivity contribution is -0.108. The van der Waals surface area contributed by atoms with Crippen LogP contribution in [0.15, 0.2) is 9.98 Å². The molecule has 0 N–H and O–H groups in total. The molecule has 3 heteroatoms.